The van der Waals surface area contributed by atoms with Gasteiger partial charge in [0.1, 0.15) is 0 Å². The van der Waals surface area contributed by atoms with Crippen molar-refractivity contribution in [1.82, 2.24) is 9.80 Å². The summed E-state index contributed by atoms with van der Waals surface area (Å²) in [4.78, 5) is 5.30. The lowest BCUT2D eigenvalue weighted by Gasteiger charge is -2.43. The molecule has 1 heterocycles. The van der Waals surface area contributed by atoms with Crippen molar-refractivity contribution in [3.8, 4) is 0 Å². The van der Waals surface area contributed by atoms with Crippen molar-refractivity contribution in [2.45, 2.75) is 78.6 Å². The molecule has 0 atom stereocenters. The van der Waals surface area contributed by atoms with Crippen molar-refractivity contribution in [2.24, 2.45) is 0 Å². The molecule has 0 radical (unpaired) electrons. The minimum absolute atomic E-state index is 0.676. The fourth-order valence-corrected chi connectivity index (χ4v) is 3.14. The van der Waals surface area contributed by atoms with Crippen LogP contribution in [0, 0.1) is 0 Å². The Hall–Kier alpha value is -0.0800. The van der Waals surface area contributed by atoms with Crippen LogP contribution in [0.25, 0.3) is 0 Å². The van der Waals surface area contributed by atoms with Gasteiger partial charge in [-0.1, -0.05) is 0 Å². The molecule has 1 aliphatic rings. The number of nitrogens with zero attached hydrogens (tertiary/aromatic N) is 2. The lowest BCUT2D eigenvalue weighted by molar-refractivity contribution is 0.0508. The molecule has 0 spiro atoms. The van der Waals surface area contributed by atoms with E-state index in [9.17, 15) is 0 Å². The molecule has 0 N–H and O–H groups in total. The first kappa shape index (κ1) is 14.0. The summed E-state index contributed by atoms with van der Waals surface area (Å²) in [5.41, 5.74) is 0. The van der Waals surface area contributed by atoms with Gasteiger partial charge in [-0.2, -0.15) is 0 Å². The van der Waals surface area contributed by atoms with Crippen LogP contribution in [-0.4, -0.2) is 47.1 Å². The standard InChI is InChI=1S/C14H30N2/c1-11(2)15-9-7-14(8-10-15)16(12(3)4)13(5)6/h11-14H,7-10H2,1-6H3. The predicted octanol–water partition coefficient (Wildman–Crippen LogP) is 2.98. The third-order valence-corrected chi connectivity index (χ3v) is 3.84. The van der Waals surface area contributed by atoms with E-state index in [-0.39, 0.29) is 0 Å². The van der Waals surface area contributed by atoms with Crippen LogP contribution in [0.5, 0.6) is 0 Å². The molecule has 0 unspecified atom stereocenters. The summed E-state index contributed by atoms with van der Waals surface area (Å²) < 4.78 is 0. The summed E-state index contributed by atoms with van der Waals surface area (Å²) in [6.07, 6.45) is 2.68. The zero-order chi connectivity index (χ0) is 12.3. The van der Waals surface area contributed by atoms with E-state index in [1.165, 1.54) is 25.9 Å². The van der Waals surface area contributed by atoms with E-state index >= 15 is 0 Å². The average Bonchev–Trinajstić information content (AvgIpc) is 2.17. The Kier molecular flexibility index (Phi) is 5.26. The number of piperidine rings is 1. The number of likely N-dealkylation sites (tertiary alicyclic amines) is 1. The first-order valence-electron chi connectivity index (χ1n) is 6.95. The first-order valence-corrected chi connectivity index (χ1v) is 6.95. The largest absolute Gasteiger partial charge is 0.301 e. The molecule has 0 bridgehead atoms. The maximum absolute atomic E-state index is 2.69. The van der Waals surface area contributed by atoms with Crippen LogP contribution < -0.4 is 0 Å². The highest BCUT2D eigenvalue weighted by Gasteiger charge is 2.28. The predicted molar refractivity (Wildman–Crippen MR) is 71.8 cm³/mol. The summed E-state index contributed by atoms with van der Waals surface area (Å²) in [6.45, 7) is 16.5. The summed E-state index contributed by atoms with van der Waals surface area (Å²) in [7, 11) is 0. The topological polar surface area (TPSA) is 6.48 Å². The molecule has 0 saturated carbocycles. The van der Waals surface area contributed by atoms with Crippen LogP contribution in [0.3, 0.4) is 0 Å². The van der Waals surface area contributed by atoms with Crippen LogP contribution in [-0.2, 0) is 0 Å². The van der Waals surface area contributed by atoms with Crippen molar-refractivity contribution in [2.75, 3.05) is 13.1 Å². The van der Waals surface area contributed by atoms with E-state index < -0.39 is 0 Å². The number of rotatable bonds is 4. The second-order valence-corrected chi connectivity index (χ2v) is 6.00. The van der Waals surface area contributed by atoms with Crippen LogP contribution in [0.1, 0.15) is 54.4 Å². The van der Waals surface area contributed by atoms with E-state index in [1.54, 1.807) is 0 Å². The molecule has 1 rings (SSSR count). The van der Waals surface area contributed by atoms with Crippen molar-refractivity contribution in [1.29, 1.82) is 0 Å². The fraction of sp³-hybridized carbons (Fsp3) is 1.00. The summed E-state index contributed by atoms with van der Waals surface area (Å²) >= 11 is 0. The molecule has 1 aliphatic heterocycles. The SMILES string of the molecule is CC(C)N1CCC(N(C(C)C)C(C)C)CC1. The molecule has 1 fully saturated rings. The van der Waals surface area contributed by atoms with Gasteiger partial charge < -0.3 is 4.90 Å². The van der Waals surface area contributed by atoms with Gasteiger partial charge in [0.2, 0.25) is 0 Å². The Morgan fingerprint density at radius 2 is 1.31 bits per heavy atom. The molecule has 1 saturated heterocycles. The van der Waals surface area contributed by atoms with Gasteiger partial charge in [0.15, 0.2) is 0 Å². The first-order chi connectivity index (χ1) is 7.43. The Balaban J connectivity index is 2.51. The monoisotopic (exact) mass is 226 g/mol. The van der Waals surface area contributed by atoms with Crippen molar-refractivity contribution >= 4 is 0 Å². The van der Waals surface area contributed by atoms with Gasteiger partial charge in [-0.25, -0.2) is 0 Å². The molecular formula is C14H30N2. The maximum Gasteiger partial charge on any atom is 0.0125 e. The lowest BCUT2D eigenvalue weighted by atomic mass is 9.99. The third-order valence-electron chi connectivity index (χ3n) is 3.84. The van der Waals surface area contributed by atoms with E-state index in [0.29, 0.717) is 18.1 Å². The Bertz CT molecular complexity index is 183. The Labute approximate surface area is 102 Å². The summed E-state index contributed by atoms with van der Waals surface area (Å²) in [5, 5.41) is 0. The second kappa shape index (κ2) is 6.02. The summed E-state index contributed by atoms with van der Waals surface area (Å²) in [6, 6.07) is 2.87. The molecule has 96 valence electrons. The number of hydrogen-bond acceptors (Lipinski definition) is 2. The van der Waals surface area contributed by atoms with Gasteiger partial charge in [0.05, 0.1) is 0 Å². The Morgan fingerprint density at radius 1 is 0.875 bits per heavy atom. The van der Waals surface area contributed by atoms with Gasteiger partial charge >= 0.3 is 0 Å². The van der Waals surface area contributed by atoms with Crippen molar-refractivity contribution < 1.29 is 0 Å². The summed E-state index contributed by atoms with van der Waals surface area (Å²) in [5.74, 6) is 0. The van der Waals surface area contributed by atoms with Gasteiger partial charge in [-0.3, -0.25) is 4.90 Å². The highest BCUT2D eigenvalue weighted by molar-refractivity contribution is 4.84. The zero-order valence-electron chi connectivity index (χ0n) is 12.0. The van der Waals surface area contributed by atoms with Gasteiger partial charge in [0, 0.05) is 24.2 Å². The number of hydrogen-bond donors (Lipinski definition) is 0. The van der Waals surface area contributed by atoms with E-state index in [0.717, 1.165) is 6.04 Å². The quantitative estimate of drug-likeness (QED) is 0.727. The molecule has 0 aromatic carbocycles. The van der Waals surface area contributed by atoms with Gasteiger partial charge in [-0.05, 0) is 67.5 Å². The van der Waals surface area contributed by atoms with Crippen LogP contribution in [0.4, 0.5) is 0 Å². The zero-order valence-corrected chi connectivity index (χ0v) is 12.0. The second-order valence-electron chi connectivity index (χ2n) is 6.00. The van der Waals surface area contributed by atoms with E-state index in [1.807, 2.05) is 0 Å². The average molecular weight is 226 g/mol. The molecule has 0 aromatic heterocycles. The fourth-order valence-electron chi connectivity index (χ4n) is 3.14. The van der Waals surface area contributed by atoms with Crippen LogP contribution in [0.15, 0.2) is 0 Å². The Morgan fingerprint density at radius 3 is 1.62 bits per heavy atom. The third kappa shape index (κ3) is 3.46. The smallest absolute Gasteiger partial charge is 0.0125 e. The minimum Gasteiger partial charge on any atom is -0.301 e. The molecule has 0 amide bonds. The minimum atomic E-state index is 0.676. The van der Waals surface area contributed by atoms with Gasteiger partial charge in [0.25, 0.3) is 0 Å². The molecule has 2 nitrogen and oxygen atoms in total. The molecule has 16 heavy (non-hydrogen) atoms. The van der Waals surface area contributed by atoms with E-state index in [2.05, 4.69) is 51.3 Å². The lowest BCUT2D eigenvalue weighted by Crippen LogP contribution is -2.51. The highest BCUT2D eigenvalue weighted by atomic mass is 15.2. The molecule has 0 aliphatic carbocycles. The molecule has 0 aromatic rings. The van der Waals surface area contributed by atoms with Crippen LogP contribution >= 0.6 is 0 Å². The van der Waals surface area contributed by atoms with Gasteiger partial charge in [-0.15, -0.1) is 0 Å². The highest BCUT2D eigenvalue weighted by Crippen LogP contribution is 2.22. The van der Waals surface area contributed by atoms with Crippen LogP contribution in [0.2, 0.25) is 0 Å². The van der Waals surface area contributed by atoms with E-state index in [4.69, 9.17) is 0 Å². The molecular weight excluding hydrogens is 196 g/mol. The van der Waals surface area contributed by atoms with Crippen molar-refractivity contribution in [3.63, 3.8) is 0 Å². The molecule has 2 heteroatoms. The normalized spacial score (nSPS) is 20.6. The maximum atomic E-state index is 2.69. The van der Waals surface area contributed by atoms with Crippen molar-refractivity contribution in [3.05, 3.63) is 0 Å².